The van der Waals surface area contributed by atoms with Crippen LogP contribution >= 0.6 is 47.8 Å². The molecular weight excluding hydrogens is 481 g/mol. The third-order valence-electron chi connectivity index (χ3n) is 5.41. The summed E-state index contributed by atoms with van der Waals surface area (Å²) in [6.45, 7) is 4.66. The van der Waals surface area contributed by atoms with Gasteiger partial charge in [0, 0.05) is 29.0 Å². The Balaban J connectivity index is 0.00000240. The molecule has 0 aromatic carbocycles. The fraction of sp³-hybridized carbons (Fsp3) is 0.450. The molecule has 2 aromatic heterocycles. The first-order valence-corrected chi connectivity index (χ1v) is 10.8. The van der Waals surface area contributed by atoms with Gasteiger partial charge in [-0.05, 0) is 50.3 Å². The molecule has 7 nitrogen and oxygen atoms in total. The predicted molar refractivity (Wildman–Crippen MR) is 130 cm³/mol. The second kappa shape index (κ2) is 11.9. The third-order valence-corrected chi connectivity index (χ3v) is 6.72. The maximum Gasteiger partial charge on any atom is 0.237 e. The van der Waals surface area contributed by atoms with Gasteiger partial charge >= 0.3 is 0 Å². The number of nitrogens with one attached hydrogen (secondary N) is 1. The van der Waals surface area contributed by atoms with Crippen molar-refractivity contribution < 1.29 is 9.59 Å². The number of nitrogen functional groups attached to an aromatic ring is 1. The van der Waals surface area contributed by atoms with Crippen LogP contribution in [0.25, 0.3) is 0 Å². The lowest BCUT2D eigenvalue weighted by Gasteiger charge is -2.28. The van der Waals surface area contributed by atoms with Crippen LogP contribution in [-0.2, 0) is 22.6 Å². The number of aromatic nitrogens is 1. The van der Waals surface area contributed by atoms with Crippen LogP contribution in [0.3, 0.4) is 0 Å². The number of thiophene rings is 1. The highest BCUT2D eigenvalue weighted by Crippen LogP contribution is 2.31. The van der Waals surface area contributed by atoms with Crippen LogP contribution in [0.4, 0.5) is 5.82 Å². The number of likely N-dealkylation sites (tertiary alicyclic amines) is 1. The topological polar surface area (TPSA) is 114 Å². The van der Waals surface area contributed by atoms with E-state index >= 15 is 0 Å². The number of hydrogen-bond donors (Lipinski definition) is 3. The van der Waals surface area contributed by atoms with Crippen molar-refractivity contribution in [1.82, 2.24) is 15.2 Å². The Kier molecular flexibility index (Phi) is 10.5. The van der Waals surface area contributed by atoms with Crippen molar-refractivity contribution in [3.8, 4) is 0 Å². The van der Waals surface area contributed by atoms with E-state index in [-0.39, 0.29) is 36.6 Å². The highest BCUT2D eigenvalue weighted by molar-refractivity contribution is 7.10. The lowest BCUT2D eigenvalue weighted by atomic mass is 10.0. The predicted octanol–water partition coefficient (Wildman–Crippen LogP) is 2.95. The molecule has 1 aliphatic heterocycles. The van der Waals surface area contributed by atoms with Crippen molar-refractivity contribution in [2.45, 2.75) is 45.3 Å². The number of hydrogen-bond acceptors (Lipinski definition) is 6. The molecule has 2 aromatic rings. The molecule has 3 heterocycles. The van der Waals surface area contributed by atoms with Gasteiger partial charge in [0.2, 0.25) is 11.8 Å². The number of carbonyl (C=O) groups is 2. The lowest BCUT2D eigenvalue weighted by molar-refractivity contribution is -0.129. The summed E-state index contributed by atoms with van der Waals surface area (Å²) in [6, 6.07) is 4.60. The molecular formula is C20H28Cl3N5O2S. The Morgan fingerprint density at radius 3 is 2.68 bits per heavy atom. The minimum atomic E-state index is -0.466. The average molecular weight is 509 g/mol. The van der Waals surface area contributed by atoms with E-state index in [1.54, 1.807) is 17.4 Å². The normalized spacial score (nSPS) is 19.2. The van der Waals surface area contributed by atoms with E-state index in [2.05, 4.69) is 10.3 Å². The largest absolute Gasteiger partial charge is 0.384 e. The number of nitrogens with zero attached hydrogens (tertiary/aromatic N) is 2. The van der Waals surface area contributed by atoms with Crippen LogP contribution in [0, 0.1) is 12.8 Å². The van der Waals surface area contributed by atoms with Crippen molar-refractivity contribution in [3.63, 3.8) is 0 Å². The second-order valence-electron chi connectivity index (χ2n) is 7.53. The first-order valence-electron chi connectivity index (χ1n) is 9.52. The fourth-order valence-corrected chi connectivity index (χ4v) is 5.02. The maximum absolute atomic E-state index is 12.8. The van der Waals surface area contributed by atoms with Crippen LogP contribution in [0.2, 0.25) is 5.02 Å². The summed E-state index contributed by atoms with van der Waals surface area (Å²) in [7, 11) is 0. The number of aryl methyl sites for hydroxylation is 1. The quantitative estimate of drug-likeness (QED) is 0.532. The molecule has 0 saturated carbocycles. The number of anilines is 1. The summed E-state index contributed by atoms with van der Waals surface area (Å²) >= 11 is 7.62. The lowest BCUT2D eigenvalue weighted by Crippen LogP contribution is -2.51. The van der Waals surface area contributed by atoms with Gasteiger partial charge < -0.3 is 16.8 Å². The number of halogens is 3. The zero-order valence-electron chi connectivity index (χ0n) is 17.3. The minimum Gasteiger partial charge on any atom is -0.384 e. The average Bonchev–Trinajstić information content (AvgIpc) is 3.26. The van der Waals surface area contributed by atoms with Gasteiger partial charge in [-0.2, -0.15) is 0 Å². The molecule has 11 heteroatoms. The van der Waals surface area contributed by atoms with Crippen molar-refractivity contribution >= 4 is 65.4 Å². The monoisotopic (exact) mass is 507 g/mol. The SMILES string of the molecule is Cc1nc(N)ccc1CNC(=O)[C@H](C)N1CC(Cc2cc(Cl)cs2)CC1C(N)=O.Cl.Cl. The first-order chi connectivity index (χ1) is 13.7. The number of carbonyl (C=O) groups excluding carboxylic acids is 2. The molecule has 31 heavy (non-hydrogen) atoms. The zero-order chi connectivity index (χ0) is 21.1. The van der Waals surface area contributed by atoms with E-state index < -0.39 is 18.0 Å². The third kappa shape index (κ3) is 6.95. The van der Waals surface area contributed by atoms with Gasteiger partial charge in [0.15, 0.2) is 0 Å². The smallest absolute Gasteiger partial charge is 0.237 e. The van der Waals surface area contributed by atoms with E-state index in [4.69, 9.17) is 23.1 Å². The fourth-order valence-electron chi connectivity index (χ4n) is 3.83. The summed E-state index contributed by atoms with van der Waals surface area (Å²) in [5, 5.41) is 5.56. The molecule has 1 saturated heterocycles. The van der Waals surface area contributed by atoms with E-state index in [0.717, 1.165) is 22.7 Å². The molecule has 0 radical (unpaired) electrons. The number of primary amides is 1. The van der Waals surface area contributed by atoms with Gasteiger partial charge in [-0.25, -0.2) is 4.98 Å². The van der Waals surface area contributed by atoms with Gasteiger partial charge in [0.1, 0.15) is 5.82 Å². The Bertz CT molecular complexity index is 911. The molecule has 0 spiro atoms. The molecule has 2 unspecified atom stereocenters. The first kappa shape index (κ1) is 27.5. The molecule has 0 bridgehead atoms. The zero-order valence-corrected chi connectivity index (χ0v) is 20.5. The van der Waals surface area contributed by atoms with Crippen molar-refractivity contribution in [2.24, 2.45) is 11.7 Å². The Hall–Kier alpha value is -1.58. The highest BCUT2D eigenvalue weighted by atomic mass is 35.5. The summed E-state index contributed by atoms with van der Waals surface area (Å²) in [5.41, 5.74) is 13.0. The number of amides is 2. The molecule has 1 aliphatic rings. The van der Waals surface area contributed by atoms with Gasteiger partial charge in [0.05, 0.1) is 17.1 Å². The molecule has 1 fully saturated rings. The van der Waals surface area contributed by atoms with E-state index in [1.807, 2.05) is 36.3 Å². The molecule has 2 amide bonds. The number of rotatable bonds is 7. The van der Waals surface area contributed by atoms with Crippen molar-refractivity contribution in [2.75, 3.05) is 12.3 Å². The Labute approximate surface area is 203 Å². The Morgan fingerprint density at radius 1 is 1.39 bits per heavy atom. The molecule has 3 rings (SSSR count). The van der Waals surface area contributed by atoms with E-state index in [0.29, 0.717) is 25.3 Å². The van der Waals surface area contributed by atoms with Crippen LogP contribution in [0.5, 0.6) is 0 Å². The van der Waals surface area contributed by atoms with Crippen LogP contribution in [0.15, 0.2) is 23.6 Å². The summed E-state index contributed by atoms with van der Waals surface area (Å²) in [6.07, 6.45) is 1.46. The van der Waals surface area contributed by atoms with Crippen LogP contribution < -0.4 is 16.8 Å². The Morgan fingerprint density at radius 2 is 2.10 bits per heavy atom. The van der Waals surface area contributed by atoms with Crippen LogP contribution in [0.1, 0.15) is 29.5 Å². The molecule has 3 atom stereocenters. The second-order valence-corrected chi connectivity index (χ2v) is 8.96. The summed E-state index contributed by atoms with van der Waals surface area (Å²) in [5.74, 6) is 0.161. The molecule has 172 valence electrons. The van der Waals surface area contributed by atoms with Gasteiger partial charge in [-0.15, -0.1) is 36.2 Å². The summed E-state index contributed by atoms with van der Waals surface area (Å²) < 4.78 is 0. The minimum absolute atomic E-state index is 0. The molecule has 0 aliphatic carbocycles. The van der Waals surface area contributed by atoms with Gasteiger partial charge in [-0.1, -0.05) is 17.7 Å². The maximum atomic E-state index is 12.8. The van der Waals surface area contributed by atoms with Crippen LogP contribution in [-0.4, -0.2) is 40.3 Å². The van der Waals surface area contributed by atoms with Crippen molar-refractivity contribution in [1.29, 1.82) is 0 Å². The summed E-state index contributed by atoms with van der Waals surface area (Å²) in [4.78, 5) is 32.0. The van der Waals surface area contributed by atoms with E-state index in [1.165, 1.54) is 4.88 Å². The van der Waals surface area contributed by atoms with E-state index in [9.17, 15) is 9.59 Å². The van der Waals surface area contributed by atoms with Gasteiger partial charge in [0.25, 0.3) is 0 Å². The van der Waals surface area contributed by atoms with Gasteiger partial charge in [-0.3, -0.25) is 14.5 Å². The van der Waals surface area contributed by atoms with Crippen molar-refractivity contribution in [3.05, 3.63) is 44.7 Å². The highest BCUT2D eigenvalue weighted by Gasteiger charge is 2.40. The molecule has 5 N–H and O–H groups in total. The standard InChI is InChI=1S/C20H26ClN5O2S.2ClH/c1-11-14(3-4-18(22)25-11)8-24-20(28)12(2)26-9-13(6-17(26)19(23)27)5-16-7-15(21)10-29-16;;/h3-4,7,10,12-13,17H,5-6,8-9H2,1-2H3,(H2,22,25)(H2,23,27)(H,24,28);2*1H/t12-,13?,17?;;/m0../s1. The number of nitrogens with two attached hydrogens (primary N) is 2. The number of pyridine rings is 1.